The molecule has 0 fully saturated rings. The molecule has 0 aromatic rings. The molecular formula is C9H17ClO. The van der Waals surface area contributed by atoms with E-state index in [1.165, 1.54) is 12.8 Å². The molecule has 0 aromatic heterocycles. The highest BCUT2D eigenvalue weighted by molar-refractivity contribution is 6.63. The SMILES string of the molecule is CCCCCC(CC)C(=O)Cl. The van der Waals surface area contributed by atoms with Crippen molar-refractivity contribution >= 4 is 16.8 Å². The van der Waals surface area contributed by atoms with Gasteiger partial charge >= 0.3 is 0 Å². The number of carbonyl (C=O) groups excluding carboxylic acids is 1. The number of unbranched alkanes of at least 4 members (excludes halogenated alkanes) is 2. The molecule has 1 unspecified atom stereocenters. The van der Waals surface area contributed by atoms with Crippen LogP contribution in [0.25, 0.3) is 0 Å². The van der Waals surface area contributed by atoms with E-state index in [-0.39, 0.29) is 11.2 Å². The molecule has 0 saturated carbocycles. The molecule has 0 spiro atoms. The van der Waals surface area contributed by atoms with Crippen molar-refractivity contribution in [3.05, 3.63) is 0 Å². The maximum atomic E-state index is 10.7. The van der Waals surface area contributed by atoms with Gasteiger partial charge in [0.25, 0.3) is 0 Å². The Bertz CT molecular complexity index is 112. The molecule has 0 aliphatic heterocycles. The first-order valence-electron chi connectivity index (χ1n) is 4.41. The fourth-order valence-corrected chi connectivity index (χ4v) is 1.38. The Labute approximate surface area is 74.1 Å². The van der Waals surface area contributed by atoms with E-state index in [0.717, 1.165) is 19.3 Å². The van der Waals surface area contributed by atoms with Crippen molar-refractivity contribution in [2.24, 2.45) is 5.92 Å². The van der Waals surface area contributed by atoms with Crippen molar-refractivity contribution in [2.75, 3.05) is 0 Å². The lowest BCUT2D eigenvalue weighted by Gasteiger charge is -2.07. The second-order valence-electron chi connectivity index (χ2n) is 2.91. The topological polar surface area (TPSA) is 17.1 Å². The Kier molecular flexibility index (Phi) is 6.63. The molecule has 1 atom stereocenters. The van der Waals surface area contributed by atoms with Crippen LogP contribution in [0.4, 0.5) is 0 Å². The third-order valence-electron chi connectivity index (χ3n) is 1.97. The van der Waals surface area contributed by atoms with E-state index in [4.69, 9.17) is 11.6 Å². The number of hydrogen-bond acceptors (Lipinski definition) is 1. The summed E-state index contributed by atoms with van der Waals surface area (Å²) in [5.41, 5.74) is 0. The average molecular weight is 177 g/mol. The van der Waals surface area contributed by atoms with Crippen molar-refractivity contribution in [1.29, 1.82) is 0 Å². The van der Waals surface area contributed by atoms with Gasteiger partial charge in [-0.2, -0.15) is 0 Å². The number of carbonyl (C=O) groups is 1. The van der Waals surface area contributed by atoms with E-state index in [1.54, 1.807) is 0 Å². The zero-order chi connectivity index (χ0) is 8.69. The van der Waals surface area contributed by atoms with Gasteiger partial charge in [0.05, 0.1) is 0 Å². The Morgan fingerprint density at radius 2 is 2.00 bits per heavy atom. The lowest BCUT2D eigenvalue weighted by molar-refractivity contribution is -0.115. The molecule has 0 aliphatic rings. The van der Waals surface area contributed by atoms with Crippen molar-refractivity contribution in [2.45, 2.75) is 46.0 Å². The van der Waals surface area contributed by atoms with Gasteiger partial charge < -0.3 is 0 Å². The summed E-state index contributed by atoms with van der Waals surface area (Å²) in [4.78, 5) is 10.7. The highest BCUT2D eigenvalue weighted by Gasteiger charge is 2.12. The van der Waals surface area contributed by atoms with E-state index in [9.17, 15) is 4.79 Å². The van der Waals surface area contributed by atoms with E-state index < -0.39 is 0 Å². The molecule has 0 saturated heterocycles. The van der Waals surface area contributed by atoms with Gasteiger partial charge in [0.1, 0.15) is 0 Å². The molecule has 0 N–H and O–H groups in total. The summed E-state index contributed by atoms with van der Waals surface area (Å²) >= 11 is 5.38. The molecule has 0 bridgehead atoms. The largest absolute Gasteiger partial charge is 0.281 e. The van der Waals surface area contributed by atoms with Crippen LogP contribution < -0.4 is 0 Å². The van der Waals surface area contributed by atoms with Crippen LogP contribution in [0.3, 0.4) is 0 Å². The third kappa shape index (κ3) is 5.25. The fraction of sp³-hybridized carbons (Fsp3) is 0.889. The predicted molar refractivity (Wildman–Crippen MR) is 48.8 cm³/mol. The van der Waals surface area contributed by atoms with Crippen LogP contribution in [-0.4, -0.2) is 5.24 Å². The minimum Gasteiger partial charge on any atom is -0.281 e. The molecule has 66 valence electrons. The number of rotatable bonds is 6. The Morgan fingerprint density at radius 3 is 2.36 bits per heavy atom. The van der Waals surface area contributed by atoms with Gasteiger partial charge in [0, 0.05) is 5.92 Å². The van der Waals surface area contributed by atoms with Crippen LogP contribution in [0, 0.1) is 5.92 Å². The van der Waals surface area contributed by atoms with Crippen LogP contribution in [0.5, 0.6) is 0 Å². The summed E-state index contributed by atoms with van der Waals surface area (Å²) in [6, 6.07) is 0. The van der Waals surface area contributed by atoms with Crippen molar-refractivity contribution in [1.82, 2.24) is 0 Å². The Balaban J connectivity index is 3.44. The summed E-state index contributed by atoms with van der Waals surface area (Å²) in [6.07, 6.45) is 5.39. The standard InChI is InChI=1S/C9H17ClO/c1-3-5-6-7-8(4-2)9(10)11/h8H,3-7H2,1-2H3. The maximum Gasteiger partial charge on any atom is 0.224 e. The number of hydrogen-bond donors (Lipinski definition) is 0. The normalized spacial score (nSPS) is 13.0. The van der Waals surface area contributed by atoms with Gasteiger partial charge in [0.15, 0.2) is 0 Å². The summed E-state index contributed by atoms with van der Waals surface area (Å²) in [5.74, 6) is 0.100. The highest BCUT2D eigenvalue weighted by atomic mass is 35.5. The van der Waals surface area contributed by atoms with Crippen LogP contribution >= 0.6 is 11.6 Å². The van der Waals surface area contributed by atoms with Gasteiger partial charge in [-0.15, -0.1) is 0 Å². The smallest absolute Gasteiger partial charge is 0.224 e. The zero-order valence-corrected chi connectivity index (χ0v) is 8.16. The lowest BCUT2D eigenvalue weighted by Crippen LogP contribution is -2.06. The molecule has 0 rings (SSSR count). The van der Waals surface area contributed by atoms with Gasteiger partial charge in [-0.1, -0.05) is 33.1 Å². The summed E-state index contributed by atoms with van der Waals surface area (Å²) < 4.78 is 0. The molecule has 0 radical (unpaired) electrons. The van der Waals surface area contributed by atoms with Gasteiger partial charge in [-0.3, -0.25) is 4.79 Å². The van der Waals surface area contributed by atoms with Crippen molar-refractivity contribution in [3.8, 4) is 0 Å². The predicted octanol–water partition coefficient (Wildman–Crippen LogP) is 3.36. The van der Waals surface area contributed by atoms with Crippen LogP contribution in [-0.2, 0) is 4.79 Å². The third-order valence-corrected chi connectivity index (χ3v) is 2.28. The molecule has 1 nitrogen and oxygen atoms in total. The molecule has 0 heterocycles. The van der Waals surface area contributed by atoms with Crippen LogP contribution in [0.2, 0.25) is 0 Å². The Hall–Kier alpha value is -0.0400. The van der Waals surface area contributed by atoms with Crippen LogP contribution in [0.15, 0.2) is 0 Å². The van der Waals surface area contributed by atoms with E-state index in [2.05, 4.69) is 6.92 Å². The van der Waals surface area contributed by atoms with E-state index in [1.807, 2.05) is 6.92 Å². The van der Waals surface area contributed by atoms with Crippen molar-refractivity contribution in [3.63, 3.8) is 0 Å². The monoisotopic (exact) mass is 176 g/mol. The maximum absolute atomic E-state index is 10.7. The first-order valence-corrected chi connectivity index (χ1v) is 4.79. The van der Waals surface area contributed by atoms with Gasteiger partial charge in [0.2, 0.25) is 5.24 Å². The van der Waals surface area contributed by atoms with Gasteiger partial charge in [-0.05, 0) is 24.4 Å². The first kappa shape index (κ1) is 11.0. The fourth-order valence-electron chi connectivity index (χ4n) is 1.12. The van der Waals surface area contributed by atoms with E-state index in [0.29, 0.717) is 0 Å². The second-order valence-corrected chi connectivity index (χ2v) is 3.28. The summed E-state index contributed by atoms with van der Waals surface area (Å²) in [7, 11) is 0. The first-order chi connectivity index (χ1) is 5.22. The molecule has 0 aromatic carbocycles. The zero-order valence-electron chi connectivity index (χ0n) is 7.40. The van der Waals surface area contributed by atoms with Gasteiger partial charge in [-0.25, -0.2) is 0 Å². The quantitative estimate of drug-likeness (QED) is 0.448. The second kappa shape index (κ2) is 6.66. The minimum atomic E-state index is -0.163. The summed E-state index contributed by atoms with van der Waals surface area (Å²) in [6.45, 7) is 4.17. The highest BCUT2D eigenvalue weighted by Crippen LogP contribution is 2.15. The molecule has 0 amide bonds. The van der Waals surface area contributed by atoms with E-state index >= 15 is 0 Å². The average Bonchev–Trinajstić information content (AvgIpc) is 1.97. The van der Waals surface area contributed by atoms with Crippen molar-refractivity contribution < 1.29 is 4.79 Å². The molecular weight excluding hydrogens is 160 g/mol. The molecule has 11 heavy (non-hydrogen) atoms. The lowest BCUT2D eigenvalue weighted by atomic mass is 10.0. The number of halogens is 1. The van der Waals surface area contributed by atoms with Crippen LogP contribution in [0.1, 0.15) is 46.0 Å². The molecule has 0 aliphatic carbocycles. The molecule has 2 heteroatoms. The Morgan fingerprint density at radius 1 is 1.36 bits per heavy atom. The summed E-state index contributed by atoms with van der Waals surface area (Å²) in [5, 5.41) is -0.163. The minimum absolute atomic E-state index is 0.100.